The Balaban J connectivity index is 1.47. The van der Waals surface area contributed by atoms with Gasteiger partial charge in [0.1, 0.15) is 29.6 Å². The van der Waals surface area contributed by atoms with Gasteiger partial charge in [0.25, 0.3) is 0 Å². The number of benzene rings is 1. The van der Waals surface area contributed by atoms with Crippen LogP contribution in [0.25, 0.3) is 0 Å². The van der Waals surface area contributed by atoms with Gasteiger partial charge in [0.15, 0.2) is 0 Å². The van der Waals surface area contributed by atoms with Crippen molar-refractivity contribution in [2.45, 2.75) is 38.8 Å². The summed E-state index contributed by atoms with van der Waals surface area (Å²) in [5.74, 6) is 1.89. The zero-order chi connectivity index (χ0) is 20.9. The number of fused-ring (bicyclic) bond motifs is 1. The van der Waals surface area contributed by atoms with Crippen LogP contribution < -0.4 is 20.5 Å². The van der Waals surface area contributed by atoms with E-state index in [0.717, 1.165) is 31.5 Å². The van der Waals surface area contributed by atoms with E-state index in [0.29, 0.717) is 23.7 Å². The van der Waals surface area contributed by atoms with Crippen LogP contribution in [-0.2, 0) is 24.3 Å². The highest BCUT2D eigenvalue weighted by atomic mass is 16.5. The number of rotatable bonds is 6. The van der Waals surface area contributed by atoms with Gasteiger partial charge < -0.3 is 14.8 Å². The van der Waals surface area contributed by atoms with Gasteiger partial charge in [-0.1, -0.05) is 6.42 Å². The molecular formula is C21H23N5O4. The number of pyridine rings is 1. The van der Waals surface area contributed by atoms with Crippen molar-refractivity contribution in [3.05, 3.63) is 58.9 Å². The zero-order valence-electron chi connectivity index (χ0n) is 16.7. The van der Waals surface area contributed by atoms with E-state index in [1.54, 1.807) is 54.3 Å². The van der Waals surface area contributed by atoms with Crippen LogP contribution in [0.5, 0.6) is 17.4 Å². The maximum atomic E-state index is 12.6. The van der Waals surface area contributed by atoms with E-state index in [1.807, 2.05) is 0 Å². The summed E-state index contributed by atoms with van der Waals surface area (Å²) in [5, 5.41) is 7.11. The summed E-state index contributed by atoms with van der Waals surface area (Å²) < 4.78 is 13.8. The summed E-state index contributed by atoms with van der Waals surface area (Å²) in [7, 11) is 1.59. The third kappa shape index (κ3) is 4.35. The molecule has 0 radical (unpaired) electrons. The summed E-state index contributed by atoms with van der Waals surface area (Å²) in [6.07, 6.45) is 5.37. The number of hydrogen-bond donors (Lipinski definition) is 1. The van der Waals surface area contributed by atoms with Crippen molar-refractivity contribution in [1.82, 2.24) is 19.3 Å². The molecule has 9 nitrogen and oxygen atoms in total. The molecule has 0 fully saturated rings. The van der Waals surface area contributed by atoms with Gasteiger partial charge in [-0.2, -0.15) is 5.10 Å². The third-order valence-electron chi connectivity index (χ3n) is 4.89. The maximum Gasteiger partial charge on any atom is 0.346 e. The quantitative estimate of drug-likeness (QED) is 0.672. The van der Waals surface area contributed by atoms with Gasteiger partial charge in [-0.15, -0.1) is 0 Å². The number of aromatic nitrogens is 4. The smallest absolute Gasteiger partial charge is 0.346 e. The van der Waals surface area contributed by atoms with Crippen LogP contribution in [-0.4, -0.2) is 32.3 Å². The molecule has 0 saturated heterocycles. The second-order valence-corrected chi connectivity index (χ2v) is 7.00. The average molecular weight is 409 g/mol. The van der Waals surface area contributed by atoms with Crippen molar-refractivity contribution >= 4 is 11.6 Å². The molecule has 30 heavy (non-hydrogen) atoms. The lowest BCUT2D eigenvalue weighted by Gasteiger charge is -2.11. The monoisotopic (exact) mass is 409 g/mol. The zero-order valence-corrected chi connectivity index (χ0v) is 16.7. The van der Waals surface area contributed by atoms with Gasteiger partial charge >= 0.3 is 5.69 Å². The molecule has 0 aliphatic carbocycles. The fourth-order valence-corrected chi connectivity index (χ4v) is 3.38. The largest absolute Gasteiger partial charge is 0.497 e. The molecule has 4 rings (SSSR count). The first-order chi connectivity index (χ1) is 14.6. The number of ether oxygens (including phenoxy) is 2. The molecule has 0 bridgehead atoms. The first kappa shape index (κ1) is 19.7. The summed E-state index contributed by atoms with van der Waals surface area (Å²) in [5.41, 5.74) is 0.162. The Morgan fingerprint density at radius 3 is 2.73 bits per heavy atom. The SMILES string of the molecule is COc1ccc(Oc2ncccc2NC(=O)Cn2nc3n(c2=O)CCCCC3)cc1. The van der Waals surface area contributed by atoms with E-state index in [-0.39, 0.29) is 24.0 Å². The molecule has 1 aliphatic heterocycles. The number of nitrogens with zero attached hydrogens (tertiary/aromatic N) is 4. The minimum Gasteiger partial charge on any atom is -0.497 e. The molecule has 0 unspecified atom stereocenters. The van der Waals surface area contributed by atoms with E-state index in [1.165, 1.54) is 4.68 Å². The van der Waals surface area contributed by atoms with E-state index < -0.39 is 0 Å². The van der Waals surface area contributed by atoms with Crippen LogP contribution in [0.4, 0.5) is 5.69 Å². The number of amides is 1. The summed E-state index contributed by atoms with van der Waals surface area (Å²) in [4.78, 5) is 29.3. The van der Waals surface area contributed by atoms with Crippen LogP contribution in [0.3, 0.4) is 0 Å². The molecule has 9 heteroatoms. The topological polar surface area (TPSA) is 100 Å². The van der Waals surface area contributed by atoms with Crippen molar-refractivity contribution in [2.75, 3.05) is 12.4 Å². The molecule has 0 atom stereocenters. The predicted octanol–water partition coefficient (Wildman–Crippen LogP) is 2.61. The van der Waals surface area contributed by atoms with Gasteiger partial charge in [0.05, 0.1) is 7.11 Å². The first-order valence-corrected chi connectivity index (χ1v) is 9.87. The van der Waals surface area contributed by atoms with Crippen molar-refractivity contribution in [3.8, 4) is 17.4 Å². The lowest BCUT2D eigenvalue weighted by atomic mass is 10.2. The van der Waals surface area contributed by atoms with Crippen LogP contribution in [0, 0.1) is 0 Å². The normalized spacial score (nSPS) is 13.2. The highest BCUT2D eigenvalue weighted by Crippen LogP contribution is 2.28. The second kappa shape index (κ2) is 8.81. The van der Waals surface area contributed by atoms with Crippen LogP contribution in [0.1, 0.15) is 25.1 Å². The minimum atomic E-state index is -0.377. The molecule has 156 valence electrons. The van der Waals surface area contributed by atoms with Gasteiger partial charge in [0, 0.05) is 19.2 Å². The van der Waals surface area contributed by atoms with Crippen LogP contribution in [0.15, 0.2) is 47.4 Å². The maximum absolute atomic E-state index is 12.6. The standard InChI is InChI=1S/C21H23N5O4/c1-29-15-8-10-16(11-9-15)30-20-17(6-5-12-22-20)23-19(27)14-26-21(28)25-13-4-2-3-7-18(25)24-26/h5-6,8-12H,2-4,7,13-14H2,1H3,(H,23,27). The van der Waals surface area contributed by atoms with E-state index in [4.69, 9.17) is 9.47 Å². The summed E-state index contributed by atoms with van der Waals surface area (Å²) in [6.45, 7) is 0.480. The van der Waals surface area contributed by atoms with Gasteiger partial charge in [-0.3, -0.25) is 9.36 Å². The molecule has 1 aliphatic rings. The van der Waals surface area contributed by atoms with Crippen molar-refractivity contribution < 1.29 is 14.3 Å². The van der Waals surface area contributed by atoms with E-state index in [9.17, 15) is 9.59 Å². The van der Waals surface area contributed by atoms with Gasteiger partial charge in [-0.05, 0) is 49.2 Å². The van der Waals surface area contributed by atoms with Crippen LogP contribution in [0.2, 0.25) is 0 Å². The summed E-state index contributed by atoms with van der Waals surface area (Å²) >= 11 is 0. The Bertz CT molecular complexity index is 1090. The minimum absolute atomic E-state index is 0.171. The van der Waals surface area contributed by atoms with Crippen molar-refractivity contribution in [2.24, 2.45) is 0 Å². The van der Waals surface area contributed by atoms with Gasteiger partial charge in [-0.25, -0.2) is 14.5 Å². The van der Waals surface area contributed by atoms with Crippen molar-refractivity contribution in [1.29, 1.82) is 0 Å². The Labute approximate surface area is 173 Å². The number of methoxy groups -OCH3 is 1. The average Bonchev–Trinajstić information content (AvgIpc) is 2.92. The third-order valence-corrected chi connectivity index (χ3v) is 4.89. The molecule has 0 spiro atoms. The molecule has 3 heterocycles. The predicted molar refractivity (Wildman–Crippen MR) is 110 cm³/mol. The first-order valence-electron chi connectivity index (χ1n) is 9.87. The number of carbonyl (C=O) groups is 1. The Morgan fingerprint density at radius 1 is 1.13 bits per heavy atom. The second-order valence-electron chi connectivity index (χ2n) is 7.00. The Morgan fingerprint density at radius 2 is 1.93 bits per heavy atom. The number of anilines is 1. The van der Waals surface area contributed by atoms with E-state index in [2.05, 4.69) is 15.4 Å². The highest BCUT2D eigenvalue weighted by Gasteiger charge is 2.18. The number of aryl methyl sites for hydroxylation is 1. The number of nitrogens with one attached hydrogen (secondary N) is 1. The molecule has 1 N–H and O–H groups in total. The highest BCUT2D eigenvalue weighted by molar-refractivity contribution is 5.91. The molecule has 1 aromatic carbocycles. The van der Waals surface area contributed by atoms with Gasteiger partial charge in [0.2, 0.25) is 11.8 Å². The fraction of sp³-hybridized carbons (Fsp3) is 0.333. The fourth-order valence-electron chi connectivity index (χ4n) is 3.38. The molecule has 3 aromatic rings. The summed E-state index contributed by atoms with van der Waals surface area (Å²) in [6, 6.07) is 10.4. The lowest BCUT2D eigenvalue weighted by Crippen LogP contribution is -2.30. The molecule has 1 amide bonds. The Hall–Kier alpha value is -3.62. The Kier molecular flexibility index (Phi) is 5.78. The molecule has 2 aromatic heterocycles. The number of carbonyl (C=O) groups excluding carboxylic acids is 1. The molecule has 0 saturated carbocycles. The molecular weight excluding hydrogens is 386 g/mol. The number of hydrogen-bond acceptors (Lipinski definition) is 6. The van der Waals surface area contributed by atoms with Crippen LogP contribution >= 0.6 is 0 Å². The van der Waals surface area contributed by atoms with Crippen molar-refractivity contribution in [3.63, 3.8) is 0 Å². The lowest BCUT2D eigenvalue weighted by molar-refractivity contribution is -0.117. The van der Waals surface area contributed by atoms with E-state index >= 15 is 0 Å².